The molecule has 0 saturated carbocycles. The van der Waals surface area contributed by atoms with Gasteiger partial charge in [-0.3, -0.25) is 0 Å². The van der Waals surface area contributed by atoms with Gasteiger partial charge in [-0.25, -0.2) is 0 Å². The molecule has 0 aliphatic carbocycles. The molecule has 0 nitrogen and oxygen atoms in total. The van der Waals surface area contributed by atoms with Crippen LogP contribution in [0.25, 0.3) is 0 Å². The van der Waals surface area contributed by atoms with Gasteiger partial charge in [0.05, 0.1) is 0 Å². The van der Waals surface area contributed by atoms with Gasteiger partial charge in [0.25, 0.3) is 0 Å². The summed E-state index contributed by atoms with van der Waals surface area (Å²) in [4.78, 5) is 0. The number of hydrogen-bond donors (Lipinski definition) is 0. The van der Waals surface area contributed by atoms with Gasteiger partial charge < -0.3 is 0 Å². The standard InChI is InChI=1S/C26H28P.Bi/c1-8-27(24-12-9-18(2)21(5)15-24,25-13-10-19(3)22(6)16-25)26-14-11-20(4)23(7)17-26;/h8-11,15-17H,1-7H3;. The Morgan fingerprint density at radius 2 is 0.821 bits per heavy atom. The molecule has 142 valence electrons. The van der Waals surface area contributed by atoms with E-state index in [-0.39, 0.29) is 0 Å². The molecule has 3 heterocycles. The van der Waals surface area contributed by atoms with Gasteiger partial charge in [0.2, 0.25) is 0 Å². The second-order valence-electron chi connectivity index (χ2n) is 8.59. The fourth-order valence-electron chi connectivity index (χ4n) is 4.94. The third-order valence-electron chi connectivity index (χ3n) is 7.02. The summed E-state index contributed by atoms with van der Waals surface area (Å²) in [6, 6.07) is 15.4. The van der Waals surface area contributed by atoms with E-state index in [1.165, 1.54) is 33.4 Å². The summed E-state index contributed by atoms with van der Waals surface area (Å²) in [5, 5.41) is 5.09. The van der Waals surface area contributed by atoms with Crippen molar-refractivity contribution in [3.8, 4) is 0 Å². The molecule has 0 fully saturated rings. The van der Waals surface area contributed by atoms with E-state index < -0.39 is 29.0 Å². The molecule has 0 saturated heterocycles. The van der Waals surface area contributed by atoms with Crippen LogP contribution in [0.3, 0.4) is 0 Å². The van der Waals surface area contributed by atoms with Gasteiger partial charge in [-0.2, -0.15) is 0 Å². The zero-order chi connectivity index (χ0) is 20.0. The second-order valence-corrected chi connectivity index (χ2v) is 20.2. The van der Waals surface area contributed by atoms with E-state index in [1.807, 2.05) is 0 Å². The van der Waals surface area contributed by atoms with Crippen molar-refractivity contribution < 1.29 is 0 Å². The molecule has 3 aliphatic rings. The van der Waals surface area contributed by atoms with Crippen LogP contribution in [0, 0.1) is 47.7 Å². The van der Waals surface area contributed by atoms with Crippen molar-refractivity contribution in [3.63, 3.8) is 0 Å². The van der Waals surface area contributed by atoms with Crippen molar-refractivity contribution in [2.75, 3.05) is 0 Å². The predicted molar refractivity (Wildman–Crippen MR) is 128 cm³/mol. The van der Waals surface area contributed by atoms with Crippen LogP contribution >= 0.6 is 7.26 Å². The Hall–Kier alpha value is -1.03. The summed E-state index contributed by atoms with van der Waals surface area (Å²) in [6.45, 7) is 16.1. The first-order valence-corrected chi connectivity index (χ1v) is 17.2. The Labute approximate surface area is 178 Å². The number of aryl methyl sites for hydroxylation is 6. The summed E-state index contributed by atoms with van der Waals surface area (Å²) in [7, 11) is -1.67. The number of hydrogen-bond acceptors (Lipinski definition) is 0. The topological polar surface area (TPSA) is 0 Å². The Kier molecular flexibility index (Phi) is 4.22. The molecule has 0 unspecified atom stereocenters. The number of rotatable bonds is 1. The molecule has 0 spiro atoms. The first-order valence-electron chi connectivity index (χ1n) is 10.1. The molecular weight excluding hydrogens is 552 g/mol. The van der Waals surface area contributed by atoms with Crippen molar-refractivity contribution in [2.45, 2.75) is 48.5 Å². The van der Waals surface area contributed by atoms with Gasteiger partial charge >= 0.3 is 179 Å². The van der Waals surface area contributed by atoms with Crippen LogP contribution in [0.2, 0.25) is 0 Å². The van der Waals surface area contributed by atoms with Crippen molar-refractivity contribution in [2.24, 2.45) is 0 Å². The van der Waals surface area contributed by atoms with E-state index in [9.17, 15) is 0 Å². The molecule has 0 aromatic heterocycles. The summed E-state index contributed by atoms with van der Waals surface area (Å²) >= 11 is -2.27. The van der Waals surface area contributed by atoms with Crippen molar-refractivity contribution in [1.82, 2.24) is 0 Å². The van der Waals surface area contributed by atoms with Gasteiger partial charge in [-0.15, -0.1) is 0 Å². The normalized spacial score (nSPS) is 16.0. The van der Waals surface area contributed by atoms with Crippen LogP contribution in [0.1, 0.15) is 40.3 Å². The summed E-state index contributed by atoms with van der Waals surface area (Å²) in [6.07, 6.45) is 2.60. The van der Waals surface area contributed by atoms with E-state index in [0.29, 0.717) is 0 Å². The van der Waals surface area contributed by atoms with Gasteiger partial charge in [-0.1, -0.05) is 0 Å². The maximum atomic E-state index is 2.60. The van der Waals surface area contributed by atoms with Crippen molar-refractivity contribution >= 4 is 54.7 Å². The zero-order valence-electron chi connectivity index (χ0n) is 17.9. The molecule has 0 amide bonds. The monoisotopic (exact) mass is 580 g/mol. The Bertz CT molecular complexity index is 1030. The molecule has 3 aliphatic heterocycles. The van der Waals surface area contributed by atoms with Crippen molar-refractivity contribution in [1.29, 1.82) is 0 Å². The molecule has 2 bridgehead atoms. The third kappa shape index (κ3) is 2.24. The molecule has 0 atom stereocenters. The van der Waals surface area contributed by atoms with Gasteiger partial charge in [0.15, 0.2) is 0 Å². The zero-order valence-corrected chi connectivity index (χ0v) is 22.3. The van der Waals surface area contributed by atoms with Crippen molar-refractivity contribution in [3.05, 3.63) is 75.9 Å². The molecule has 28 heavy (non-hydrogen) atoms. The van der Waals surface area contributed by atoms with Crippen LogP contribution in [0.5, 0.6) is 0 Å². The Morgan fingerprint density at radius 1 is 0.536 bits per heavy atom. The van der Waals surface area contributed by atoms with Gasteiger partial charge in [0, 0.05) is 0 Å². The Morgan fingerprint density at radius 3 is 1.11 bits per heavy atom. The van der Waals surface area contributed by atoms with Crippen LogP contribution in [-0.4, -0.2) is 21.8 Å². The minimum atomic E-state index is -2.27. The summed E-state index contributed by atoms with van der Waals surface area (Å²) in [5.41, 5.74) is 8.75. The SMILES string of the molecule is C[CH-][P+]12c3cc(C)c(C)c[c]3[Bi]([c]3cc(C)c(C)cc31)[c]1cc(C)c(C)cc12. The average Bonchev–Trinajstić information content (AvgIpc) is 2.65. The molecule has 3 aromatic carbocycles. The maximum absolute atomic E-state index is 2.60. The van der Waals surface area contributed by atoms with Crippen LogP contribution in [0.15, 0.2) is 36.4 Å². The van der Waals surface area contributed by atoms with Crippen LogP contribution in [-0.2, 0) is 0 Å². The number of benzene rings is 3. The van der Waals surface area contributed by atoms with E-state index in [2.05, 4.69) is 91.0 Å². The van der Waals surface area contributed by atoms with E-state index in [4.69, 9.17) is 0 Å². The van der Waals surface area contributed by atoms with E-state index in [0.717, 1.165) is 0 Å². The van der Waals surface area contributed by atoms with Crippen LogP contribution < -0.4 is 25.7 Å². The quantitative estimate of drug-likeness (QED) is 0.236. The predicted octanol–water partition coefficient (Wildman–Crippen LogP) is 3.16. The van der Waals surface area contributed by atoms with E-state index in [1.54, 1.807) is 25.7 Å². The average molecular weight is 580 g/mol. The second kappa shape index (κ2) is 6.23. The van der Waals surface area contributed by atoms with Crippen LogP contribution in [0.4, 0.5) is 0 Å². The molecule has 0 radical (unpaired) electrons. The molecule has 6 rings (SSSR count). The summed E-state index contributed by atoms with van der Waals surface area (Å²) in [5.74, 6) is 0. The molecule has 2 heteroatoms. The molecule has 0 N–H and O–H groups in total. The molecular formula is C26H28BiP. The minimum absolute atomic E-state index is 1.45. The first kappa shape index (κ1) is 19.0. The fourth-order valence-corrected chi connectivity index (χ4v) is 27.4. The molecule has 3 aromatic rings. The Balaban J connectivity index is 2.00. The first-order chi connectivity index (χ1) is 13.3. The third-order valence-corrected chi connectivity index (χ3v) is 23.3. The van der Waals surface area contributed by atoms with Gasteiger partial charge in [0.1, 0.15) is 0 Å². The fraction of sp³-hybridized carbons (Fsp3) is 0.269. The van der Waals surface area contributed by atoms with Gasteiger partial charge in [-0.05, 0) is 0 Å². The van der Waals surface area contributed by atoms with E-state index >= 15 is 0 Å². The summed E-state index contributed by atoms with van der Waals surface area (Å²) < 4.78 is 5.28.